The van der Waals surface area contributed by atoms with E-state index in [0.717, 1.165) is 5.57 Å². The minimum atomic E-state index is -1.87. The number of hydrogen-bond acceptors (Lipinski definition) is 1. The van der Waals surface area contributed by atoms with Crippen LogP contribution in [-0.2, 0) is 11.1 Å². The Morgan fingerprint density at radius 2 is 2.25 bits per heavy atom. The van der Waals surface area contributed by atoms with E-state index in [2.05, 4.69) is 6.08 Å². The Kier molecular flexibility index (Phi) is 3.00. The second kappa shape index (κ2) is 3.83. The molecule has 0 bridgehead atoms. The maximum atomic E-state index is 10.7. The molecule has 1 aliphatic carbocycles. The molecule has 66 valence electrons. The van der Waals surface area contributed by atoms with Crippen molar-refractivity contribution in [2.45, 2.75) is 13.8 Å². The Morgan fingerprint density at radius 1 is 1.58 bits per heavy atom. The number of allylic oxidation sites excluding steroid dienone is 5. The summed E-state index contributed by atoms with van der Waals surface area (Å²) in [7, 11) is 0. The molecule has 0 heterocycles. The first-order chi connectivity index (χ1) is 5.59. The van der Waals surface area contributed by atoms with Crippen LogP contribution in [0.5, 0.6) is 0 Å². The first-order valence-electron chi connectivity index (χ1n) is 3.79. The first-order valence-corrected chi connectivity index (χ1v) is 4.89. The third-order valence-corrected chi connectivity index (χ3v) is 2.32. The molecule has 0 aromatic heterocycles. The third kappa shape index (κ3) is 2.43. The monoisotopic (exact) mass is 184 g/mol. The second-order valence-corrected chi connectivity index (χ2v) is 3.89. The number of rotatable bonds is 1. The SMILES string of the molecule is CC1=CC(C)C=CC(S(=O)O)=C1. The van der Waals surface area contributed by atoms with Crippen LogP contribution in [0.4, 0.5) is 0 Å². The summed E-state index contributed by atoms with van der Waals surface area (Å²) in [6.07, 6.45) is 7.40. The van der Waals surface area contributed by atoms with Gasteiger partial charge in [0.25, 0.3) is 0 Å². The average molecular weight is 184 g/mol. The smallest absolute Gasteiger partial charge is 0.186 e. The molecule has 1 N–H and O–H groups in total. The van der Waals surface area contributed by atoms with Crippen molar-refractivity contribution in [1.29, 1.82) is 0 Å². The molecule has 0 amide bonds. The minimum absolute atomic E-state index is 0.335. The van der Waals surface area contributed by atoms with Gasteiger partial charge in [-0.05, 0) is 25.0 Å². The molecule has 2 atom stereocenters. The highest BCUT2D eigenvalue weighted by Crippen LogP contribution is 2.15. The molecule has 0 fully saturated rings. The van der Waals surface area contributed by atoms with E-state index in [0.29, 0.717) is 10.8 Å². The zero-order valence-electron chi connectivity index (χ0n) is 7.15. The fourth-order valence-electron chi connectivity index (χ4n) is 1.15. The molecule has 0 spiro atoms. The lowest BCUT2D eigenvalue weighted by Gasteiger charge is -1.94. The molecule has 3 heteroatoms. The van der Waals surface area contributed by atoms with Crippen LogP contribution in [-0.4, -0.2) is 8.76 Å². The van der Waals surface area contributed by atoms with Gasteiger partial charge in [-0.2, -0.15) is 0 Å². The second-order valence-electron chi connectivity index (χ2n) is 2.92. The molecule has 0 saturated heterocycles. The molecular formula is C9H12O2S. The summed E-state index contributed by atoms with van der Waals surface area (Å²) in [5.41, 5.74) is 1.03. The minimum Gasteiger partial charge on any atom is -0.302 e. The van der Waals surface area contributed by atoms with Crippen LogP contribution in [0, 0.1) is 5.92 Å². The van der Waals surface area contributed by atoms with Crippen molar-refractivity contribution in [2.75, 3.05) is 0 Å². The van der Waals surface area contributed by atoms with Gasteiger partial charge in [-0.25, -0.2) is 4.21 Å². The predicted molar refractivity (Wildman–Crippen MR) is 50.9 cm³/mol. The molecule has 0 saturated carbocycles. The quantitative estimate of drug-likeness (QED) is 0.634. The first kappa shape index (κ1) is 9.42. The largest absolute Gasteiger partial charge is 0.302 e. The summed E-state index contributed by atoms with van der Waals surface area (Å²) >= 11 is -1.87. The highest BCUT2D eigenvalue weighted by molar-refractivity contribution is 7.83. The van der Waals surface area contributed by atoms with E-state index in [9.17, 15) is 4.21 Å². The van der Waals surface area contributed by atoms with Gasteiger partial charge in [-0.1, -0.05) is 24.6 Å². The molecule has 1 rings (SSSR count). The molecule has 12 heavy (non-hydrogen) atoms. The van der Waals surface area contributed by atoms with Crippen molar-refractivity contribution < 1.29 is 8.76 Å². The van der Waals surface area contributed by atoms with E-state index in [1.54, 1.807) is 12.2 Å². The van der Waals surface area contributed by atoms with Crippen molar-refractivity contribution in [3.8, 4) is 0 Å². The molecule has 0 radical (unpaired) electrons. The van der Waals surface area contributed by atoms with E-state index >= 15 is 0 Å². The van der Waals surface area contributed by atoms with Crippen LogP contribution in [0.2, 0.25) is 0 Å². The van der Waals surface area contributed by atoms with Crippen LogP contribution in [0.15, 0.2) is 34.8 Å². The Morgan fingerprint density at radius 3 is 2.83 bits per heavy atom. The van der Waals surface area contributed by atoms with E-state index in [1.165, 1.54) is 0 Å². The topological polar surface area (TPSA) is 37.3 Å². The summed E-state index contributed by atoms with van der Waals surface area (Å²) in [4.78, 5) is 0.466. The maximum absolute atomic E-state index is 10.7. The van der Waals surface area contributed by atoms with Crippen LogP contribution in [0.3, 0.4) is 0 Å². The Labute approximate surface area is 75.0 Å². The molecule has 0 aromatic rings. The van der Waals surface area contributed by atoms with E-state index in [4.69, 9.17) is 4.55 Å². The molecule has 2 unspecified atom stereocenters. The molecular weight excluding hydrogens is 172 g/mol. The van der Waals surface area contributed by atoms with E-state index in [-0.39, 0.29) is 0 Å². The predicted octanol–water partition coefficient (Wildman–Crippen LogP) is 2.24. The maximum Gasteiger partial charge on any atom is 0.186 e. The Hall–Kier alpha value is -0.670. The standard InChI is InChI=1S/C9H12O2S/c1-7-3-4-9(12(10)11)6-8(2)5-7/h3-7H,1-2H3,(H,10,11). The average Bonchev–Trinajstić information content (AvgIpc) is 2.11. The fourth-order valence-corrected chi connectivity index (χ4v) is 1.63. The third-order valence-electron chi connectivity index (χ3n) is 1.66. The fraction of sp³-hybridized carbons (Fsp3) is 0.333. The van der Waals surface area contributed by atoms with Crippen LogP contribution >= 0.6 is 0 Å². The lowest BCUT2D eigenvalue weighted by atomic mass is 10.1. The van der Waals surface area contributed by atoms with Gasteiger partial charge in [0.1, 0.15) is 0 Å². The van der Waals surface area contributed by atoms with Crippen molar-refractivity contribution in [3.63, 3.8) is 0 Å². The van der Waals surface area contributed by atoms with Crippen molar-refractivity contribution in [1.82, 2.24) is 0 Å². The zero-order valence-corrected chi connectivity index (χ0v) is 7.97. The van der Waals surface area contributed by atoms with Gasteiger partial charge in [0.05, 0.1) is 4.91 Å². The normalized spacial score (nSPS) is 25.8. The molecule has 2 nitrogen and oxygen atoms in total. The van der Waals surface area contributed by atoms with Gasteiger partial charge in [0.15, 0.2) is 11.1 Å². The van der Waals surface area contributed by atoms with Gasteiger partial charge in [0, 0.05) is 0 Å². The van der Waals surface area contributed by atoms with E-state index < -0.39 is 11.1 Å². The summed E-state index contributed by atoms with van der Waals surface area (Å²) in [6.45, 7) is 3.97. The van der Waals surface area contributed by atoms with Gasteiger partial charge in [0.2, 0.25) is 0 Å². The molecule has 1 aliphatic rings. The summed E-state index contributed by atoms with van der Waals surface area (Å²) in [5, 5.41) is 0. The summed E-state index contributed by atoms with van der Waals surface area (Å²) in [5.74, 6) is 0.335. The molecule has 0 aliphatic heterocycles. The van der Waals surface area contributed by atoms with Gasteiger partial charge in [-0.3, -0.25) is 0 Å². The van der Waals surface area contributed by atoms with Crippen LogP contribution in [0.1, 0.15) is 13.8 Å². The van der Waals surface area contributed by atoms with Gasteiger partial charge >= 0.3 is 0 Å². The lowest BCUT2D eigenvalue weighted by molar-refractivity contribution is 0.572. The van der Waals surface area contributed by atoms with Crippen molar-refractivity contribution in [3.05, 3.63) is 34.8 Å². The highest BCUT2D eigenvalue weighted by atomic mass is 32.2. The molecule has 0 aromatic carbocycles. The Bertz CT molecular complexity index is 287. The Balaban J connectivity index is 2.98. The van der Waals surface area contributed by atoms with Crippen LogP contribution < -0.4 is 0 Å². The zero-order chi connectivity index (χ0) is 9.14. The summed E-state index contributed by atoms with van der Waals surface area (Å²) < 4.78 is 19.6. The summed E-state index contributed by atoms with van der Waals surface area (Å²) in [6, 6.07) is 0. The van der Waals surface area contributed by atoms with Gasteiger partial charge < -0.3 is 4.55 Å². The van der Waals surface area contributed by atoms with E-state index in [1.807, 2.05) is 19.9 Å². The lowest BCUT2D eigenvalue weighted by Crippen LogP contribution is -1.88. The van der Waals surface area contributed by atoms with Crippen molar-refractivity contribution >= 4 is 11.1 Å². The van der Waals surface area contributed by atoms with Crippen LogP contribution in [0.25, 0.3) is 0 Å². The highest BCUT2D eigenvalue weighted by Gasteiger charge is 2.04. The number of hydrogen-bond donors (Lipinski definition) is 1. The van der Waals surface area contributed by atoms with Crippen molar-refractivity contribution in [2.24, 2.45) is 5.92 Å². The van der Waals surface area contributed by atoms with Gasteiger partial charge in [-0.15, -0.1) is 0 Å².